The summed E-state index contributed by atoms with van der Waals surface area (Å²) in [5, 5.41) is 22.7. The Morgan fingerprint density at radius 2 is 2.24 bits per heavy atom. The maximum atomic E-state index is 11.9. The minimum Gasteiger partial charge on any atom is -0.328 e. The minimum absolute atomic E-state index is 0.245. The molecule has 9 heteroatoms. The fraction of sp³-hybridized carbons (Fsp3) is 0.583. The molecule has 0 spiro atoms. The molecule has 0 fully saturated rings. The predicted molar refractivity (Wildman–Crippen MR) is 80.1 cm³/mol. The Morgan fingerprint density at radius 1 is 1.43 bits per heavy atom. The van der Waals surface area contributed by atoms with Gasteiger partial charge in [0.05, 0.1) is 6.04 Å². The Hall–Kier alpha value is -2.03. The number of unbranched alkanes of at least 4 members (excludes halogenated alkanes) is 1. The van der Waals surface area contributed by atoms with E-state index in [2.05, 4.69) is 38.0 Å². The van der Waals surface area contributed by atoms with E-state index in [1.54, 1.807) is 10.9 Å². The summed E-state index contributed by atoms with van der Waals surface area (Å²) < 4.78 is 1.76. The fourth-order valence-corrected chi connectivity index (χ4v) is 2.59. The highest BCUT2D eigenvalue weighted by Gasteiger charge is 2.15. The molecule has 2 N–H and O–H groups in total. The highest BCUT2D eigenvalue weighted by molar-refractivity contribution is 7.15. The molecule has 0 bridgehead atoms. The number of rotatable bonds is 6. The number of aromatic nitrogens is 5. The molecule has 2 aromatic heterocycles. The standard InChI is InChI=1S/C12H19N7OS/c1-4-5-6-9-16-18-12(21-9)15-11(20)14-8(2)10-17-13-7-19(10)3/h7-8H,4-6H2,1-3H3,(H2,14,15,18,20)/t8-/m1/s1. The van der Waals surface area contributed by atoms with Gasteiger partial charge < -0.3 is 9.88 Å². The zero-order chi connectivity index (χ0) is 15.2. The van der Waals surface area contributed by atoms with E-state index in [0.29, 0.717) is 11.0 Å². The lowest BCUT2D eigenvalue weighted by molar-refractivity contribution is 0.248. The second kappa shape index (κ2) is 7.11. The van der Waals surface area contributed by atoms with Gasteiger partial charge in [0.25, 0.3) is 0 Å². The lowest BCUT2D eigenvalue weighted by atomic mass is 10.3. The van der Waals surface area contributed by atoms with E-state index in [0.717, 1.165) is 24.3 Å². The number of carbonyl (C=O) groups excluding carboxylic acids is 1. The first-order valence-corrected chi connectivity index (χ1v) is 7.65. The molecule has 0 saturated heterocycles. The maximum Gasteiger partial charge on any atom is 0.321 e. The molecule has 2 aromatic rings. The predicted octanol–water partition coefficient (Wildman–Crippen LogP) is 1.89. The molecule has 21 heavy (non-hydrogen) atoms. The van der Waals surface area contributed by atoms with Crippen LogP contribution < -0.4 is 10.6 Å². The van der Waals surface area contributed by atoms with Crippen molar-refractivity contribution >= 4 is 22.5 Å². The molecular weight excluding hydrogens is 290 g/mol. The van der Waals surface area contributed by atoms with Crippen molar-refractivity contribution in [3.05, 3.63) is 17.2 Å². The first-order chi connectivity index (χ1) is 10.1. The van der Waals surface area contributed by atoms with E-state index in [4.69, 9.17) is 0 Å². The van der Waals surface area contributed by atoms with Crippen LogP contribution >= 0.6 is 11.3 Å². The van der Waals surface area contributed by atoms with Crippen molar-refractivity contribution in [3.63, 3.8) is 0 Å². The number of hydrogen-bond acceptors (Lipinski definition) is 6. The Labute approximate surface area is 127 Å². The summed E-state index contributed by atoms with van der Waals surface area (Å²) in [4.78, 5) is 11.9. The van der Waals surface area contributed by atoms with E-state index in [9.17, 15) is 4.79 Å². The van der Waals surface area contributed by atoms with Gasteiger partial charge in [-0.25, -0.2) is 4.79 Å². The molecule has 8 nitrogen and oxygen atoms in total. The van der Waals surface area contributed by atoms with Crippen LogP contribution in [0.2, 0.25) is 0 Å². The molecular formula is C12H19N7OS. The third kappa shape index (κ3) is 4.22. The van der Waals surface area contributed by atoms with Crippen LogP contribution in [-0.2, 0) is 13.5 Å². The largest absolute Gasteiger partial charge is 0.328 e. The van der Waals surface area contributed by atoms with Crippen LogP contribution in [0.4, 0.5) is 9.93 Å². The van der Waals surface area contributed by atoms with E-state index < -0.39 is 0 Å². The number of anilines is 1. The third-order valence-electron chi connectivity index (χ3n) is 2.91. The second-order valence-electron chi connectivity index (χ2n) is 4.72. The minimum atomic E-state index is -0.330. The average molecular weight is 309 g/mol. The van der Waals surface area contributed by atoms with Crippen LogP contribution in [0.1, 0.15) is 43.6 Å². The summed E-state index contributed by atoms with van der Waals surface area (Å²) in [5.41, 5.74) is 0. The fourth-order valence-electron chi connectivity index (χ4n) is 1.81. The van der Waals surface area contributed by atoms with Gasteiger partial charge in [0.15, 0.2) is 5.82 Å². The summed E-state index contributed by atoms with van der Waals surface area (Å²) >= 11 is 1.40. The molecule has 2 amide bonds. The SMILES string of the molecule is CCCCc1nnc(NC(=O)N[C@H](C)c2nncn2C)s1. The maximum absolute atomic E-state index is 11.9. The van der Waals surface area contributed by atoms with E-state index in [-0.39, 0.29) is 12.1 Å². The van der Waals surface area contributed by atoms with Crippen molar-refractivity contribution in [1.29, 1.82) is 0 Å². The summed E-state index contributed by atoms with van der Waals surface area (Å²) in [7, 11) is 1.83. The Balaban J connectivity index is 1.87. The quantitative estimate of drug-likeness (QED) is 0.849. The van der Waals surface area contributed by atoms with Crippen molar-refractivity contribution < 1.29 is 4.79 Å². The zero-order valence-corrected chi connectivity index (χ0v) is 13.1. The van der Waals surface area contributed by atoms with Gasteiger partial charge in [0.1, 0.15) is 11.3 Å². The molecule has 0 aliphatic carbocycles. The van der Waals surface area contributed by atoms with Gasteiger partial charge in [-0.1, -0.05) is 24.7 Å². The van der Waals surface area contributed by atoms with Crippen LogP contribution in [-0.4, -0.2) is 31.0 Å². The highest BCUT2D eigenvalue weighted by atomic mass is 32.1. The summed E-state index contributed by atoms with van der Waals surface area (Å²) in [6.07, 6.45) is 4.67. The van der Waals surface area contributed by atoms with Crippen LogP contribution in [0, 0.1) is 0 Å². The number of hydrogen-bond donors (Lipinski definition) is 2. The molecule has 114 valence electrons. The third-order valence-corrected chi connectivity index (χ3v) is 3.81. The molecule has 0 saturated carbocycles. The zero-order valence-electron chi connectivity index (χ0n) is 12.3. The first kappa shape index (κ1) is 15.4. The van der Waals surface area contributed by atoms with Crippen molar-refractivity contribution in [2.24, 2.45) is 7.05 Å². The summed E-state index contributed by atoms with van der Waals surface area (Å²) in [5.74, 6) is 0.686. The van der Waals surface area contributed by atoms with Gasteiger partial charge >= 0.3 is 6.03 Å². The molecule has 0 aliphatic heterocycles. The van der Waals surface area contributed by atoms with Gasteiger partial charge in [-0.2, -0.15) is 0 Å². The molecule has 0 radical (unpaired) electrons. The van der Waals surface area contributed by atoms with Crippen LogP contribution in [0.3, 0.4) is 0 Å². The molecule has 1 atom stereocenters. The second-order valence-corrected chi connectivity index (χ2v) is 5.79. The number of nitrogens with zero attached hydrogens (tertiary/aromatic N) is 5. The summed E-state index contributed by atoms with van der Waals surface area (Å²) in [6.45, 7) is 3.97. The molecule has 2 rings (SSSR count). The molecule has 0 aromatic carbocycles. The van der Waals surface area contributed by atoms with Crippen molar-refractivity contribution in [1.82, 2.24) is 30.3 Å². The molecule has 0 aliphatic rings. The number of nitrogens with one attached hydrogen (secondary N) is 2. The monoisotopic (exact) mass is 309 g/mol. The Morgan fingerprint density at radius 3 is 2.90 bits per heavy atom. The van der Waals surface area contributed by atoms with Crippen molar-refractivity contribution in [2.45, 2.75) is 39.2 Å². The first-order valence-electron chi connectivity index (χ1n) is 6.84. The lowest BCUT2D eigenvalue weighted by Gasteiger charge is -2.12. The number of amides is 2. The smallest absolute Gasteiger partial charge is 0.321 e. The van der Waals surface area contributed by atoms with Crippen molar-refractivity contribution in [3.8, 4) is 0 Å². The normalized spacial score (nSPS) is 12.1. The van der Waals surface area contributed by atoms with Crippen LogP contribution in [0.5, 0.6) is 0 Å². The van der Waals surface area contributed by atoms with Crippen LogP contribution in [0.25, 0.3) is 0 Å². The van der Waals surface area contributed by atoms with Crippen molar-refractivity contribution in [2.75, 3.05) is 5.32 Å². The topological polar surface area (TPSA) is 97.6 Å². The van der Waals surface area contributed by atoms with Gasteiger partial charge in [-0.05, 0) is 13.3 Å². The van der Waals surface area contributed by atoms with Crippen LogP contribution in [0.15, 0.2) is 6.33 Å². The van der Waals surface area contributed by atoms with Gasteiger partial charge in [-0.15, -0.1) is 20.4 Å². The number of urea groups is 1. The van der Waals surface area contributed by atoms with E-state index >= 15 is 0 Å². The molecule has 0 unspecified atom stereocenters. The number of carbonyl (C=O) groups is 1. The van der Waals surface area contributed by atoms with E-state index in [1.807, 2.05) is 14.0 Å². The highest BCUT2D eigenvalue weighted by Crippen LogP contribution is 2.17. The van der Waals surface area contributed by atoms with Gasteiger partial charge in [-0.3, -0.25) is 5.32 Å². The van der Waals surface area contributed by atoms with E-state index in [1.165, 1.54) is 11.3 Å². The van der Waals surface area contributed by atoms with Gasteiger partial charge in [0.2, 0.25) is 5.13 Å². The lowest BCUT2D eigenvalue weighted by Crippen LogP contribution is -2.32. The molecule has 2 heterocycles. The Kier molecular flexibility index (Phi) is 5.20. The van der Waals surface area contributed by atoms with Gasteiger partial charge in [0, 0.05) is 13.5 Å². The summed E-state index contributed by atoms with van der Waals surface area (Å²) in [6, 6.07) is -0.575. The Bertz CT molecular complexity index is 594. The number of aryl methyl sites for hydroxylation is 2. The average Bonchev–Trinajstić information content (AvgIpc) is 3.05.